The van der Waals surface area contributed by atoms with Gasteiger partial charge in [0.2, 0.25) is 0 Å². The first-order valence-electron chi connectivity index (χ1n) is 43.1. The van der Waals surface area contributed by atoms with Crippen molar-refractivity contribution in [3.05, 3.63) is 144 Å². The summed E-state index contributed by atoms with van der Waals surface area (Å²) in [4.78, 5) is 202. The summed E-state index contributed by atoms with van der Waals surface area (Å²) in [5.41, 5.74) is 2.56. The van der Waals surface area contributed by atoms with Gasteiger partial charge in [-0.15, -0.1) is 0 Å². The lowest BCUT2D eigenvalue weighted by Gasteiger charge is -2.25. The highest BCUT2D eigenvalue weighted by molar-refractivity contribution is 6.13. The Bertz CT molecular complexity index is 3910. The number of benzene rings is 4. The first-order chi connectivity index (χ1) is 58.2. The van der Waals surface area contributed by atoms with E-state index in [9.17, 15) is 86.3 Å². The molecular weight excluding hydrogens is 1580 g/mol. The fourth-order valence-corrected chi connectivity index (χ4v) is 13.7. The zero-order chi connectivity index (χ0) is 92.5. The fraction of sp³-hybridized carbons (Fsp3) is 0.571. The normalized spacial score (nSPS) is 17.0. The van der Waals surface area contributed by atoms with Crippen LogP contribution in [0.1, 0.15) is 308 Å². The van der Waals surface area contributed by atoms with Crippen LogP contribution >= 0.6 is 0 Å². The van der Waals surface area contributed by atoms with Gasteiger partial charge in [0, 0.05) is 56.1 Å². The molecule has 5 fully saturated rings. The molecular formula is C98H136O25. The zero-order valence-corrected chi connectivity index (χ0v) is 75.5. The van der Waals surface area contributed by atoms with E-state index in [0.29, 0.717) is 101 Å². The van der Waals surface area contributed by atoms with Crippen LogP contribution in [0.4, 0.5) is 0 Å². The number of hydrogen-bond acceptors (Lipinski definition) is 25. The van der Waals surface area contributed by atoms with Gasteiger partial charge in [-0.2, -0.15) is 0 Å². The Hall–Kier alpha value is -10.5. The number of Topliss-reactive ketones (excluding diaryl/α,β-unsaturated/α-hetero) is 11. The lowest BCUT2D eigenvalue weighted by molar-refractivity contribution is -0.163. The van der Waals surface area contributed by atoms with E-state index >= 15 is 0 Å². The third-order valence-corrected chi connectivity index (χ3v) is 19.7. The van der Waals surface area contributed by atoms with Gasteiger partial charge in [-0.1, -0.05) is 201 Å². The summed E-state index contributed by atoms with van der Waals surface area (Å²) in [5, 5.41) is 0. The van der Waals surface area contributed by atoms with Crippen molar-refractivity contribution in [1.82, 2.24) is 0 Å². The molecule has 25 nitrogen and oxygen atoms in total. The number of hydrogen-bond donors (Lipinski definition) is 0. The van der Waals surface area contributed by atoms with Crippen LogP contribution in [-0.2, 0) is 123 Å². The summed E-state index contributed by atoms with van der Waals surface area (Å²) < 4.78 is 33.9. The minimum absolute atomic E-state index is 0.000144. The average molecular weight is 1710 g/mol. The molecule has 25 heteroatoms. The van der Waals surface area contributed by atoms with Crippen LogP contribution in [0.25, 0.3) is 0 Å². The van der Waals surface area contributed by atoms with E-state index < -0.39 is 47.1 Å². The highest BCUT2D eigenvalue weighted by Gasteiger charge is 2.36. The number of ether oxygens (including phenoxy) is 7. The molecule has 5 aliphatic rings. The minimum Gasteiger partial charge on any atom is -0.469 e. The van der Waals surface area contributed by atoms with Gasteiger partial charge in [0.25, 0.3) is 0 Å². The Balaban J connectivity index is 0.000000697. The van der Waals surface area contributed by atoms with E-state index in [1.54, 1.807) is 62.4 Å². The van der Waals surface area contributed by atoms with Crippen molar-refractivity contribution in [3.8, 4) is 0 Å². The molecule has 123 heavy (non-hydrogen) atoms. The molecule has 5 saturated carbocycles. The van der Waals surface area contributed by atoms with Crippen LogP contribution in [0.3, 0.4) is 0 Å². The number of rotatable bonds is 29. The molecule has 0 amide bonds. The second-order valence-electron chi connectivity index (χ2n) is 33.3. The molecule has 4 aromatic carbocycles. The predicted octanol–water partition coefficient (Wildman–Crippen LogP) is 17.7. The van der Waals surface area contributed by atoms with Gasteiger partial charge in [-0.05, 0) is 147 Å². The molecule has 0 N–H and O–H groups in total. The molecule has 0 bridgehead atoms. The van der Waals surface area contributed by atoms with Crippen LogP contribution < -0.4 is 0 Å². The Morgan fingerprint density at radius 2 is 0.634 bits per heavy atom. The van der Waals surface area contributed by atoms with Crippen LogP contribution in [0.5, 0.6) is 0 Å². The van der Waals surface area contributed by atoms with E-state index in [0.717, 1.165) is 94.6 Å². The average Bonchev–Trinajstić information content (AvgIpc) is 1.85. The van der Waals surface area contributed by atoms with E-state index in [4.69, 9.17) is 23.7 Å². The summed E-state index contributed by atoms with van der Waals surface area (Å²) in [6, 6.07) is 36.7. The molecule has 0 aliphatic heterocycles. The van der Waals surface area contributed by atoms with Crippen molar-refractivity contribution >= 4 is 105 Å². The van der Waals surface area contributed by atoms with E-state index in [2.05, 4.69) is 37.2 Å². The van der Waals surface area contributed by atoms with Crippen LogP contribution in [0.15, 0.2) is 121 Å². The minimum atomic E-state index is -0.521. The van der Waals surface area contributed by atoms with Crippen LogP contribution in [0.2, 0.25) is 0 Å². The predicted molar refractivity (Wildman–Crippen MR) is 464 cm³/mol. The summed E-state index contributed by atoms with van der Waals surface area (Å²) in [6.45, 7) is 25.4. The van der Waals surface area contributed by atoms with Gasteiger partial charge < -0.3 is 33.2 Å². The van der Waals surface area contributed by atoms with E-state index in [1.807, 2.05) is 107 Å². The van der Waals surface area contributed by atoms with Crippen molar-refractivity contribution in [2.75, 3.05) is 27.4 Å². The second kappa shape index (κ2) is 61.8. The van der Waals surface area contributed by atoms with E-state index in [1.165, 1.54) is 28.1 Å². The Morgan fingerprint density at radius 1 is 0.333 bits per heavy atom. The molecule has 5 unspecified atom stereocenters. The van der Waals surface area contributed by atoms with Crippen molar-refractivity contribution in [2.45, 2.75) is 295 Å². The monoisotopic (exact) mass is 1710 g/mol. The number of methoxy groups -OCH3 is 2. The molecule has 0 spiro atoms. The lowest BCUT2D eigenvalue weighted by Crippen LogP contribution is -2.34. The highest BCUT2D eigenvalue weighted by atomic mass is 16.6. The standard InChI is InChI=1S/C15H12O2.C14H16O3.C13H14O3.C12H22O3.C11H18O3.C11H20O3.C9H14O3.C8H12O3.C5H8O2/c16-14(12-7-3-1-4-8-12)11-15(17)13-9-5-2-6-10-13;15-13-9-5-4-8-12(13)14(16)17-10-11-6-2-1-3-7-11;14-12-8-4-7-11(12)13(15)16-9-10-5-2-1-3-6-10;1-5-7-12(3,4)9-10(13)8-11(14)15-6-2;1-11(2,3)14-10(13)8-6-4-5-7-9(8)12;1-5-6-11(2,3)8-9(12)7-10(13)14-4;1-2-12-9(11)7-5-3-4-6-8(7)10;1-11-8(10)6-4-2-3-5-7(6)9;1-4(6)3-5(2)7/h1-10H,11H2;1-3,6-7,12H,4-5,8-10H2;1-3,5-6,11H,4,7-9H2;5-9H2,1-4H3;8H,4-7H2,1-3H3;5-8H2,1-4H3;7H,2-6H2,1H3;6H,2-5H2,1H3;3H2,1-2H3. The molecule has 0 aromatic heterocycles. The Kier molecular flexibility index (Phi) is 55.5. The number of carbonyl (C=O) groups excluding carboxylic acids is 18. The lowest BCUT2D eigenvalue weighted by atomic mass is 9.82. The van der Waals surface area contributed by atoms with Crippen LogP contribution in [-0.4, -0.2) is 138 Å². The second-order valence-corrected chi connectivity index (χ2v) is 33.3. The third-order valence-electron chi connectivity index (χ3n) is 19.7. The van der Waals surface area contributed by atoms with Crippen molar-refractivity contribution < 1.29 is 119 Å². The molecule has 678 valence electrons. The van der Waals surface area contributed by atoms with Gasteiger partial charge >= 0.3 is 41.8 Å². The molecule has 0 heterocycles. The summed E-state index contributed by atoms with van der Waals surface area (Å²) >= 11 is 0. The van der Waals surface area contributed by atoms with Crippen LogP contribution in [0, 0.1) is 40.4 Å². The molecule has 0 saturated heterocycles. The zero-order valence-electron chi connectivity index (χ0n) is 75.5. The Labute approximate surface area is 727 Å². The topological polar surface area (TPSA) is 372 Å². The maximum atomic E-state index is 11.8. The molecule has 4 aromatic rings. The fourth-order valence-electron chi connectivity index (χ4n) is 13.7. The van der Waals surface area contributed by atoms with E-state index in [-0.39, 0.29) is 143 Å². The first kappa shape index (κ1) is 111. The van der Waals surface area contributed by atoms with Crippen molar-refractivity contribution in [2.24, 2.45) is 40.4 Å². The third kappa shape index (κ3) is 50.7. The number of esters is 7. The highest BCUT2D eigenvalue weighted by Crippen LogP contribution is 2.31. The van der Waals surface area contributed by atoms with Crippen molar-refractivity contribution in [1.29, 1.82) is 0 Å². The maximum Gasteiger partial charge on any atom is 0.316 e. The summed E-state index contributed by atoms with van der Waals surface area (Å²) in [5.74, 6) is -5.32. The molecule has 0 radical (unpaired) electrons. The SMILES string of the molecule is CC(=O)CC(C)=O.CC(C)(C)OC(=O)C1CCCCC1=O.CCCC(C)(C)CC(=O)CC(=O)OC.CCCC(C)(C)CC(=O)CC(=O)OCC.CCOC(=O)C1CCCCC1=O.COC(=O)C1CCCCC1=O.O=C(CC(=O)c1ccccc1)c1ccccc1.O=C1CCCC1C(=O)OCc1ccccc1.O=C1CCCCC1C(=O)OCc1ccccc1. The molecule has 5 aliphatic carbocycles. The van der Waals surface area contributed by atoms with Gasteiger partial charge in [0.1, 0.15) is 113 Å². The van der Waals surface area contributed by atoms with Gasteiger partial charge in [0.05, 0.1) is 40.3 Å². The summed E-state index contributed by atoms with van der Waals surface area (Å²) in [6.07, 6.45) is 19.1. The smallest absolute Gasteiger partial charge is 0.316 e. The molecule has 5 atom stereocenters. The number of ketones is 11. The van der Waals surface area contributed by atoms with Crippen molar-refractivity contribution in [3.63, 3.8) is 0 Å². The Morgan fingerprint density at radius 3 is 0.911 bits per heavy atom. The van der Waals surface area contributed by atoms with Gasteiger partial charge in [-0.3, -0.25) is 86.3 Å². The first-order valence-corrected chi connectivity index (χ1v) is 43.1. The molecule has 9 rings (SSSR count). The number of carbonyl (C=O) groups is 18. The maximum absolute atomic E-state index is 11.8. The van der Waals surface area contributed by atoms with Gasteiger partial charge in [-0.25, -0.2) is 0 Å². The quantitative estimate of drug-likeness (QED) is 0.0211. The summed E-state index contributed by atoms with van der Waals surface area (Å²) in [7, 11) is 2.62. The van der Waals surface area contributed by atoms with Gasteiger partial charge in [0.15, 0.2) is 11.6 Å². The largest absolute Gasteiger partial charge is 0.469 e.